The highest BCUT2D eigenvalue weighted by atomic mass is 32.1. The Morgan fingerprint density at radius 2 is 1.95 bits per heavy atom. The van der Waals surface area contributed by atoms with Gasteiger partial charge in [-0.15, -0.1) is 0 Å². The second kappa shape index (κ2) is 9.08. The number of likely N-dealkylation sites (tertiary alicyclic amines) is 1. The number of benzene rings is 2. The van der Waals surface area contributed by atoms with E-state index in [0.29, 0.717) is 40.3 Å². The number of nitrogens with zero attached hydrogens (tertiary/aromatic N) is 4. The van der Waals surface area contributed by atoms with Crippen molar-refractivity contribution in [2.75, 3.05) is 26.2 Å². The number of piperidine rings is 1. The molecule has 0 saturated carbocycles. The monoisotopic (exact) mass is 517 g/mol. The fourth-order valence-electron chi connectivity index (χ4n) is 6.22. The molecule has 3 aliphatic rings. The number of fused-ring (bicyclic) bond motifs is 5. The van der Waals surface area contributed by atoms with E-state index in [1.807, 2.05) is 28.2 Å². The van der Waals surface area contributed by atoms with E-state index in [1.165, 1.54) is 30.8 Å². The number of nitrogens with one attached hydrogen (secondary N) is 1. The second-order valence-electron chi connectivity index (χ2n) is 10.7. The molecule has 5 heterocycles. The van der Waals surface area contributed by atoms with Crippen LogP contribution >= 0.6 is 11.5 Å². The zero-order valence-corrected chi connectivity index (χ0v) is 21.9. The fraction of sp³-hybridized carbons (Fsp3) is 0.464. The average Bonchev–Trinajstić information content (AvgIpc) is 3.42. The van der Waals surface area contributed by atoms with Crippen LogP contribution in [-0.2, 0) is 13.1 Å². The molecule has 0 spiro atoms. The molecule has 4 aromatic rings. The number of hydrogen-bond donors (Lipinski definition) is 1. The lowest BCUT2D eigenvalue weighted by Gasteiger charge is -2.28. The van der Waals surface area contributed by atoms with Crippen molar-refractivity contribution in [2.24, 2.45) is 0 Å². The van der Waals surface area contributed by atoms with Gasteiger partial charge in [0, 0.05) is 49.8 Å². The highest BCUT2D eigenvalue weighted by molar-refractivity contribution is 7.14. The Morgan fingerprint density at radius 3 is 2.81 bits per heavy atom. The number of aromatic amines is 1. The Morgan fingerprint density at radius 1 is 1.08 bits per heavy atom. The molecule has 0 radical (unpaired) electrons. The molecule has 37 heavy (non-hydrogen) atoms. The lowest BCUT2D eigenvalue weighted by atomic mass is 10.1. The first kappa shape index (κ1) is 23.1. The molecule has 2 aromatic carbocycles. The van der Waals surface area contributed by atoms with Crippen LogP contribution in [-0.4, -0.2) is 62.0 Å². The van der Waals surface area contributed by atoms with Crippen LogP contribution in [0.1, 0.15) is 38.2 Å². The van der Waals surface area contributed by atoms with E-state index in [4.69, 9.17) is 9.72 Å². The van der Waals surface area contributed by atoms with Crippen molar-refractivity contribution in [3.8, 4) is 17.0 Å². The van der Waals surface area contributed by atoms with Gasteiger partial charge >= 0.3 is 0 Å². The van der Waals surface area contributed by atoms with Crippen molar-refractivity contribution in [1.82, 2.24) is 23.7 Å². The van der Waals surface area contributed by atoms with E-state index >= 15 is 0 Å². The third-order valence-corrected chi connectivity index (χ3v) is 9.40. The zero-order valence-electron chi connectivity index (χ0n) is 21.0. The van der Waals surface area contributed by atoms with Gasteiger partial charge in [-0.1, -0.05) is 36.2 Å². The topological polar surface area (TPSA) is 83.5 Å². The number of rotatable bonds is 2. The van der Waals surface area contributed by atoms with Crippen LogP contribution < -0.4 is 15.9 Å². The zero-order chi connectivity index (χ0) is 25.1. The number of aromatic nitrogens is 3. The summed E-state index contributed by atoms with van der Waals surface area (Å²) in [5.74, 6) is 0.787. The molecule has 2 saturated heterocycles. The molecule has 9 heteroatoms. The largest absolute Gasteiger partial charge is 0.486 e. The summed E-state index contributed by atoms with van der Waals surface area (Å²) in [5.41, 5.74) is 3.27. The van der Waals surface area contributed by atoms with Gasteiger partial charge in [0.2, 0.25) is 0 Å². The summed E-state index contributed by atoms with van der Waals surface area (Å²) in [6.07, 6.45) is 4.68. The smallest absolute Gasteiger partial charge is 0.275 e. The van der Waals surface area contributed by atoms with Crippen molar-refractivity contribution in [3.63, 3.8) is 0 Å². The standard InChI is InChI=1S/C28H31N5O3S/c1-17-14-19-16-32(17)12-13-33-28(35)21-7-5-6-20(26(21)37-33)23-27(34)29-22-9-8-18(25(36-19)24(22)30-23)15-31-10-3-2-4-11-31/h5-9,17,19H,2-4,10-16H2,1H3,(H,29,34)/t17-,19+/m1/s1. The lowest BCUT2D eigenvalue weighted by Crippen LogP contribution is -2.33. The van der Waals surface area contributed by atoms with Gasteiger partial charge in [-0.25, -0.2) is 4.98 Å². The van der Waals surface area contributed by atoms with Gasteiger partial charge < -0.3 is 9.72 Å². The van der Waals surface area contributed by atoms with Crippen LogP contribution in [0.2, 0.25) is 0 Å². The second-order valence-corrected chi connectivity index (χ2v) is 11.7. The van der Waals surface area contributed by atoms with Crippen molar-refractivity contribution < 1.29 is 4.74 Å². The number of H-pyrrole nitrogens is 1. The van der Waals surface area contributed by atoms with Crippen molar-refractivity contribution in [1.29, 1.82) is 0 Å². The molecule has 192 valence electrons. The molecule has 0 aliphatic carbocycles. The van der Waals surface area contributed by atoms with Gasteiger partial charge in [-0.2, -0.15) is 0 Å². The normalized spacial score (nSPS) is 24.1. The van der Waals surface area contributed by atoms with Gasteiger partial charge in [0.05, 0.1) is 15.6 Å². The Labute approximate surface area is 218 Å². The van der Waals surface area contributed by atoms with Crippen molar-refractivity contribution in [2.45, 2.75) is 57.8 Å². The molecular weight excluding hydrogens is 486 g/mol. The van der Waals surface area contributed by atoms with Crippen LogP contribution in [0.3, 0.4) is 0 Å². The quantitative estimate of drug-likeness (QED) is 0.436. The third-order valence-electron chi connectivity index (χ3n) is 8.21. The number of ether oxygens (including phenoxy) is 1. The maximum absolute atomic E-state index is 13.3. The summed E-state index contributed by atoms with van der Waals surface area (Å²) in [5, 5.41) is 0.640. The molecule has 3 atom stereocenters. The fourth-order valence-corrected chi connectivity index (χ4v) is 7.31. The summed E-state index contributed by atoms with van der Waals surface area (Å²) in [7, 11) is 0. The van der Waals surface area contributed by atoms with Gasteiger partial charge in [0.1, 0.15) is 17.3 Å². The van der Waals surface area contributed by atoms with E-state index < -0.39 is 0 Å². The molecule has 1 unspecified atom stereocenters. The SMILES string of the molecule is C[C@@H]1C[C@H]2CN1CCn1sc3c(cccc3c1=O)-c1nc3c(c(CN4CCCCC4)ccc3[nH]c1=O)O2. The Balaban J connectivity index is 1.46. The predicted molar refractivity (Wildman–Crippen MR) is 147 cm³/mol. The van der Waals surface area contributed by atoms with Crippen molar-refractivity contribution >= 4 is 32.7 Å². The van der Waals surface area contributed by atoms with E-state index in [9.17, 15) is 9.59 Å². The van der Waals surface area contributed by atoms with Crippen LogP contribution in [0.4, 0.5) is 0 Å². The van der Waals surface area contributed by atoms with Crippen LogP contribution in [0.5, 0.6) is 5.75 Å². The first-order chi connectivity index (χ1) is 18.0. The molecule has 0 amide bonds. The minimum Gasteiger partial charge on any atom is -0.486 e. The first-order valence-corrected chi connectivity index (χ1v) is 14.1. The van der Waals surface area contributed by atoms with Gasteiger partial charge in [-0.3, -0.25) is 23.3 Å². The van der Waals surface area contributed by atoms with E-state index in [2.05, 4.69) is 27.8 Å². The Hall–Kier alpha value is -3.01. The van der Waals surface area contributed by atoms with Crippen LogP contribution in [0.15, 0.2) is 39.9 Å². The summed E-state index contributed by atoms with van der Waals surface area (Å²) >= 11 is 1.43. The molecule has 7 rings (SSSR count). The predicted octanol–water partition coefficient (Wildman–Crippen LogP) is 3.81. The van der Waals surface area contributed by atoms with Gasteiger partial charge in [0.25, 0.3) is 11.1 Å². The summed E-state index contributed by atoms with van der Waals surface area (Å²) in [4.78, 5) is 39.5. The summed E-state index contributed by atoms with van der Waals surface area (Å²) in [6.45, 7) is 7.45. The van der Waals surface area contributed by atoms with Crippen LogP contribution in [0.25, 0.3) is 32.4 Å². The third kappa shape index (κ3) is 4.00. The highest BCUT2D eigenvalue weighted by Gasteiger charge is 2.32. The molecule has 2 fully saturated rings. The van der Waals surface area contributed by atoms with E-state index in [1.54, 1.807) is 0 Å². The Bertz CT molecular complexity index is 1620. The molecule has 3 aliphatic heterocycles. The van der Waals surface area contributed by atoms with E-state index in [-0.39, 0.29) is 17.2 Å². The lowest BCUT2D eigenvalue weighted by molar-refractivity contribution is 0.187. The maximum atomic E-state index is 13.3. The molecule has 2 aromatic heterocycles. The number of hydrogen-bond acceptors (Lipinski definition) is 7. The minimum atomic E-state index is -0.255. The molecule has 8 nitrogen and oxygen atoms in total. The molecule has 6 bridgehead atoms. The highest BCUT2D eigenvalue weighted by Crippen LogP contribution is 2.35. The maximum Gasteiger partial charge on any atom is 0.275 e. The summed E-state index contributed by atoms with van der Waals surface area (Å²) < 4.78 is 9.43. The Kier molecular flexibility index (Phi) is 5.67. The van der Waals surface area contributed by atoms with E-state index in [0.717, 1.165) is 55.2 Å². The first-order valence-electron chi connectivity index (χ1n) is 13.4. The van der Waals surface area contributed by atoms with Gasteiger partial charge in [-0.05, 0) is 45.0 Å². The average molecular weight is 518 g/mol. The summed E-state index contributed by atoms with van der Waals surface area (Å²) in [6, 6.07) is 10.0. The van der Waals surface area contributed by atoms with Crippen molar-refractivity contribution in [3.05, 3.63) is 56.6 Å². The molecular formula is C28H31N5O3S. The minimum absolute atomic E-state index is 0.00176. The van der Waals surface area contributed by atoms with Crippen LogP contribution in [0, 0.1) is 0 Å². The molecule has 1 N–H and O–H groups in total. The van der Waals surface area contributed by atoms with Gasteiger partial charge in [0.15, 0.2) is 5.75 Å².